The van der Waals surface area contributed by atoms with E-state index in [2.05, 4.69) is 4.72 Å². The van der Waals surface area contributed by atoms with Gasteiger partial charge in [0.15, 0.2) is 0 Å². The molecule has 2 unspecified atom stereocenters. The number of benzene rings is 1. The molecule has 1 aliphatic carbocycles. The Bertz CT molecular complexity index is 715. The van der Waals surface area contributed by atoms with Gasteiger partial charge in [-0.3, -0.25) is 0 Å². The van der Waals surface area contributed by atoms with Crippen LogP contribution in [0.1, 0.15) is 19.3 Å². The van der Waals surface area contributed by atoms with Crippen LogP contribution in [0, 0.1) is 0 Å². The van der Waals surface area contributed by atoms with Crippen molar-refractivity contribution in [1.29, 1.82) is 0 Å². The molecule has 0 aliphatic heterocycles. The molecule has 9 heteroatoms. The van der Waals surface area contributed by atoms with Gasteiger partial charge in [-0.05, 0) is 37.5 Å². The summed E-state index contributed by atoms with van der Waals surface area (Å²) in [7, 11) is -6.13. The van der Waals surface area contributed by atoms with Crippen molar-refractivity contribution in [2.75, 3.05) is 7.11 Å². The summed E-state index contributed by atoms with van der Waals surface area (Å²) in [5.41, 5.74) is 0. The van der Waals surface area contributed by atoms with Crippen molar-refractivity contribution in [3.05, 3.63) is 24.3 Å². The molecule has 7 nitrogen and oxygen atoms in total. The van der Waals surface area contributed by atoms with Gasteiger partial charge >= 0.3 is 0 Å². The zero-order chi connectivity index (χ0) is 15.7. The summed E-state index contributed by atoms with van der Waals surface area (Å²) in [4.78, 5) is -0.346. The van der Waals surface area contributed by atoms with E-state index in [4.69, 9.17) is 9.88 Å². The molecular weight excluding hydrogens is 316 g/mol. The lowest BCUT2D eigenvalue weighted by Crippen LogP contribution is -2.33. The van der Waals surface area contributed by atoms with Crippen LogP contribution < -0.4 is 9.86 Å². The molecule has 2 atom stereocenters. The molecule has 0 spiro atoms. The van der Waals surface area contributed by atoms with Crippen molar-refractivity contribution in [3.8, 4) is 0 Å². The van der Waals surface area contributed by atoms with E-state index in [1.807, 2.05) is 0 Å². The van der Waals surface area contributed by atoms with Gasteiger partial charge in [-0.25, -0.2) is 26.7 Å². The molecule has 3 N–H and O–H groups in total. The number of hydrogen-bond donors (Lipinski definition) is 2. The van der Waals surface area contributed by atoms with Crippen molar-refractivity contribution in [2.45, 2.75) is 41.2 Å². The second-order valence-electron chi connectivity index (χ2n) is 5.01. The number of hydrogen-bond acceptors (Lipinski definition) is 5. The van der Waals surface area contributed by atoms with Crippen molar-refractivity contribution < 1.29 is 21.6 Å². The average Bonchev–Trinajstić information content (AvgIpc) is 2.85. The zero-order valence-corrected chi connectivity index (χ0v) is 13.2. The second kappa shape index (κ2) is 6.01. The van der Waals surface area contributed by atoms with E-state index in [-0.39, 0.29) is 21.9 Å². The summed E-state index contributed by atoms with van der Waals surface area (Å²) in [6.45, 7) is 0. The topological polar surface area (TPSA) is 116 Å². The van der Waals surface area contributed by atoms with E-state index in [1.165, 1.54) is 18.2 Å². The van der Waals surface area contributed by atoms with E-state index in [0.717, 1.165) is 12.5 Å². The lowest BCUT2D eigenvalue weighted by Gasteiger charge is -2.13. The Hall–Kier alpha value is -1.00. The highest BCUT2D eigenvalue weighted by Crippen LogP contribution is 2.23. The largest absolute Gasteiger partial charge is 0.381 e. The maximum atomic E-state index is 12.3. The molecule has 2 rings (SSSR count). The number of methoxy groups -OCH3 is 1. The number of sulfonamides is 2. The van der Waals surface area contributed by atoms with Crippen LogP contribution in [0.3, 0.4) is 0 Å². The Balaban J connectivity index is 2.21. The third-order valence-corrected chi connectivity index (χ3v) is 5.91. The van der Waals surface area contributed by atoms with Gasteiger partial charge in [0.2, 0.25) is 20.0 Å². The van der Waals surface area contributed by atoms with E-state index in [0.29, 0.717) is 12.8 Å². The molecule has 1 fully saturated rings. The van der Waals surface area contributed by atoms with Gasteiger partial charge in [0.05, 0.1) is 15.9 Å². The van der Waals surface area contributed by atoms with Gasteiger partial charge in [-0.2, -0.15) is 0 Å². The van der Waals surface area contributed by atoms with Crippen LogP contribution >= 0.6 is 0 Å². The molecule has 0 aromatic heterocycles. The highest BCUT2D eigenvalue weighted by Gasteiger charge is 2.29. The molecule has 1 aliphatic rings. The fourth-order valence-corrected chi connectivity index (χ4v) is 4.33. The minimum Gasteiger partial charge on any atom is -0.381 e. The Morgan fingerprint density at radius 3 is 2.43 bits per heavy atom. The normalized spacial score (nSPS) is 23.3. The Kier molecular flexibility index (Phi) is 4.69. The summed E-state index contributed by atoms with van der Waals surface area (Å²) in [6, 6.07) is 4.78. The first kappa shape index (κ1) is 16.4. The molecule has 0 radical (unpaired) electrons. The van der Waals surface area contributed by atoms with E-state index in [9.17, 15) is 16.8 Å². The van der Waals surface area contributed by atoms with Crippen LogP contribution in [-0.2, 0) is 24.8 Å². The van der Waals surface area contributed by atoms with Crippen LogP contribution in [0.15, 0.2) is 34.1 Å². The molecule has 21 heavy (non-hydrogen) atoms. The quantitative estimate of drug-likeness (QED) is 0.797. The molecule has 0 amide bonds. The Morgan fingerprint density at radius 1 is 1.19 bits per heavy atom. The summed E-state index contributed by atoms with van der Waals surface area (Å²) in [6.07, 6.45) is 2.13. The smallest absolute Gasteiger partial charge is 0.240 e. The van der Waals surface area contributed by atoms with Crippen molar-refractivity contribution >= 4 is 20.0 Å². The van der Waals surface area contributed by atoms with Gasteiger partial charge in [0, 0.05) is 13.2 Å². The molecule has 0 saturated heterocycles. The van der Waals surface area contributed by atoms with E-state index in [1.54, 1.807) is 7.11 Å². The molecule has 1 aromatic carbocycles. The number of nitrogens with one attached hydrogen (secondary N) is 1. The lowest BCUT2D eigenvalue weighted by molar-refractivity contribution is 0.107. The number of rotatable bonds is 5. The predicted molar refractivity (Wildman–Crippen MR) is 76.6 cm³/mol. The maximum Gasteiger partial charge on any atom is 0.240 e. The summed E-state index contributed by atoms with van der Waals surface area (Å²) in [5.74, 6) is 0. The second-order valence-corrected chi connectivity index (χ2v) is 8.28. The van der Waals surface area contributed by atoms with Gasteiger partial charge in [-0.1, -0.05) is 6.07 Å². The molecule has 1 aromatic rings. The third-order valence-electron chi connectivity index (χ3n) is 3.48. The first-order chi connectivity index (χ1) is 9.72. The zero-order valence-electron chi connectivity index (χ0n) is 11.5. The summed E-state index contributed by atoms with van der Waals surface area (Å²) >= 11 is 0. The first-order valence-corrected chi connectivity index (χ1v) is 9.43. The van der Waals surface area contributed by atoms with Gasteiger partial charge in [0.25, 0.3) is 0 Å². The standard InChI is InChI=1S/C12H18N2O5S2/c1-19-10-6-5-9(7-10)14-21(17,18)12-4-2-3-11(8-12)20(13,15)16/h2-4,8-10,14H,5-7H2,1H3,(H2,13,15,16). The first-order valence-electron chi connectivity index (χ1n) is 6.40. The van der Waals surface area contributed by atoms with Crippen molar-refractivity contribution in [1.82, 2.24) is 4.72 Å². The summed E-state index contributed by atoms with van der Waals surface area (Å²) < 4.78 is 54.9. The third kappa shape index (κ3) is 4.01. The van der Waals surface area contributed by atoms with Crippen LogP contribution in [0.2, 0.25) is 0 Å². The highest BCUT2D eigenvalue weighted by atomic mass is 32.2. The van der Waals surface area contributed by atoms with Gasteiger partial charge in [0.1, 0.15) is 0 Å². The fraction of sp³-hybridized carbons (Fsp3) is 0.500. The highest BCUT2D eigenvalue weighted by molar-refractivity contribution is 7.90. The SMILES string of the molecule is COC1CCC(NS(=O)(=O)c2cccc(S(N)(=O)=O)c2)C1. The Labute approximate surface area is 124 Å². The van der Waals surface area contributed by atoms with E-state index >= 15 is 0 Å². The van der Waals surface area contributed by atoms with Crippen LogP contribution in [0.25, 0.3) is 0 Å². The maximum absolute atomic E-state index is 12.3. The Morgan fingerprint density at radius 2 is 1.86 bits per heavy atom. The molecule has 1 saturated carbocycles. The summed E-state index contributed by atoms with van der Waals surface area (Å²) in [5, 5.41) is 5.01. The fourth-order valence-electron chi connectivity index (χ4n) is 2.37. The predicted octanol–water partition coefficient (Wildman–Crippen LogP) is 0.180. The van der Waals surface area contributed by atoms with Gasteiger partial charge in [-0.15, -0.1) is 0 Å². The monoisotopic (exact) mass is 334 g/mol. The minimum atomic E-state index is -3.94. The van der Waals surface area contributed by atoms with Crippen LogP contribution in [0.4, 0.5) is 0 Å². The van der Waals surface area contributed by atoms with E-state index < -0.39 is 20.0 Å². The molecule has 118 valence electrons. The number of ether oxygens (including phenoxy) is 1. The molecular formula is C12H18N2O5S2. The van der Waals surface area contributed by atoms with Crippen LogP contribution in [-0.4, -0.2) is 36.1 Å². The molecule has 0 heterocycles. The van der Waals surface area contributed by atoms with Crippen molar-refractivity contribution in [2.24, 2.45) is 5.14 Å². The van der Waals surface area contributed by atoms with Crippen molar-refractivity contribution in [3.63, 3.8) is 0 Å². The average molecular weight is 334 g/mol. The molecule has 0 bridgehead atoms. The van der Waals surface area contributed by atoms with Crippen LogP contribution in [0.5, 0.6) is 0 Å². The lowest BCUT2D eigenvalue weighted by atomic mass is 10.3. The number of primary sulfonamides is 1. The number of nitrogens with two attached hydrogens (primary N) is 1. The van der Waals surface area contributed by atoms with Gasteiger partial charge < -0.3 is 4.74 Å². The minimum absolute atomic E-state index is 0.0495.